The molecule has 146 valence electrons. The molecule has 0 aromatic rings. The first kappa shape index (κ1) is 23.6. The van der Waals surface area contributed by atoms with E-state index < -0.39 is 12.1 Å². The van der Waals surface area contributed by atoms with Gasteiger partial charge in [0, 0.05) is 0 Å². The van der Waals surface area contributed by atoms with Crippen LogP contribution in [0.15, 0.2) is 0 Å². The van der Waals surface area contributed by atoms with Crippen LogP contribution in [0, 0.1) is 11.8 Å². The molecule has 0 heterocycles. The van der Waals surface area contributed by atoms with Crippen molar-refractivity contribution in [2.45, 2.75) is 84.8 Å². The zero-order valence-electron chi connectivity index (χ0n) is 16.7. The van der Waals surface area contributed by atoms with Gasteiger partial charge in [0.25, 0.3) is 0 Å². The molecule has 0 radical (unpaired) electrons. The van der Waals surface area contributed by atoms with Crippen molar-refractivity contribution in [3.63, 3.8) is 0 Å². The fourth-order valence-corrected chi connectivity index (χ4v) is 2.68. The van der Waals surface area contributed by atoms with Crippen molar-refractivity contribution in [1.29, 1.82) is 0 Å². The maximum Gasteiger partial charge on any atom is 0.243 e. The summed E-state index contributed by atoms with van der Waals surface area (Å²) < 4.78 is 0. The van der Waals surface area contributed by atoms with E-state index in [0.717, 1.165) is 19.1 Å². The van der Waals surface area contributed by atoms with Crippen LogP contribution in [0.1, 0.15) is 66.7 Å². The van der Waals surface area contributed by atoms with E-state index in [9.17, 15) is 14.4 Å². The predicted molar refractivity (Wildman–Crippen MR) is 101 cm³/mol. The molecule has 3 N–H and O–H groups in total. The van der Waals surface area contributed by atoms with E-state index >= 15 is 0 Å². The van der Waals surface area contributed by atoms with E-state index in [0.29, 0.717) is 25.2 Å². The molecule has 0 aliphatic rings. The molecule has 0 fully saturated rings. The van der Waals surface area contributed by atoms with Crippen molar-refractivity contribution in [3.05, 3.63) is 0 Å². The lowest BCUT2D eigenvalue weighted by atomic mass is 10.00. The van der Waals surface area contributed by atoms with Crippen LogP contribution in [0.5, 0.6) is 0 Å². The highest BCUT2D eigenvalue weighted by molar-refractivity contribution is 5.90. The Bertz CT molecular complexity index is 411. The van der Waals surface area contributed by atoms with Gasteiger partial charge in [0.1, 0.15) is 12.3 Å². The highest BCUT2D eigenvalue weighted by Crippen LogP contribution is 2.09. The van der Waals surface area contributed by atoms with Gasteiger partial charge in [-0.05, 0) is 38.1 Å². The Hall–Kier alpha value is -1.43. The normalized spacial score (nSPS) is 14.9. The number of carbonyl (C=O) groups excluding carboxylic acids is 3. The van der Waals surface area contributed by atoms with Crippen LogP contribution in [0.25, 0.3) is 0 Å². The number of hydrogen-bond acceptors (Lipinski definition) is 4. The SMILES string of the molecule is CCCC[C@@H](C=O)NC(=O)[C@H](CC(C)C)NC(=O)C(CC(C)C)NC. The van der Waals surface area contributed by atoms with Crippen molar-refractivity contribution in [2.75, 3.05) is 7.05 Å². The molecule has 1 unspecified atom stereocenters. The minimum absolute atomic E-state index is 0.173. The Kier molecular flexibility index (Phi) is 12.1. The summed E-state index contributed by atoms with van der Waals surface area (Å²) in [5, 5.41) is 8.64. The maximum absolute atomic E-state index is 12.6. The molecule has 0 aromatic heterocycles. The zero-order chi connectivity index (χ0) is 19.4. The van der Waals surface area contributed by atoms with Crippen molar-refractivity contribution >= 4 is 18.1 Å². The Labute approximate surface area is 152 Å². The molecule has 0 aromatic carbocycles. The van der Waals surface area contributed by atoms with Crippen LogP contribution < -0.4 is 16.0 Å². The van der Waals surface area contributed by atoms with Crippen LogP contribution in [0.3, 0.4) is 0 Å². The number of amides is 2. The van der Waals surface area contributed by atoms with Crippen LogP contribution >= 0.6 is 0 Å². The standard InChI is InChI=1S/C19H37N3O3/c1-7-8-9-15(12-23)21-19(25)17(11-14(4)5)22-18(24)16(20-6)10-13(2)3/h12-17,20H,7-11H2,1-6H3,(H,21,25)(H,22,24)/t15-,16?,17-/m0/s1. The van der Waals surface area contributed by atoms with Crippen LogP contribution in [0.2, 0.25) is 0 Å². The Morgan fingerprint density at radius 1 is 0.920 bits per heavy atom. The lowest BCUT2D eigenvalue weighted by Crippen LogP contribution is -2.54. The summed E-state index contributed by atoms with van der Waals surface area (Å²) >= 11 is 0. The number of unbranched alkanes of at least 4 members (excludes halogenated alkanes) is 1. The lowest BCUT2D eigenvalue weighted by Gasteiger charge is -2.25. The average molecular weight is 356 g/mol. The highest BCUT2D eigenvalue weighted by atomic mass is 16.2. The van der Waals surface area contributed by atoms with Crippen molar-refractivity contribution in [1.82, 2.24) is 16.0 Å². The number of aldehydes is 1. The van der Waals surface area contributed by atoms with E-state index in [2.05, 4.69) is 29.8 Å². The number of nitrogens with one attached hydrogen (secondary N) is 3. The van der Waals surface area contributed by atoms with E-state index in [4.69, 9.17) is 0 Å². The molecule has 25 heavy (non-hydrogen) atoms. The van der Waals surface area contributed by atoms with E-state index in [1.165, 1.54) is 0 Å². The van der Waals surface area contributed by atoms with Gasteiger partial charge in [-0.1, -0.05) is 47.5 Å². The molecule has 2 amide bonds. The van der Waals surface area contributed by atoms with Crippen LogP contribution in [0.4, 0.5) is 0 Å². The van der Waals surface area contributed by atoms with Crippen LogP contribution in [-0.2, 0) is 14.4 Å². The van der Waals surface area contributed by atoms with Gasteiger partial charge in [0.15, 0.2) is 0 Å². The van der Waals surface area contributed by atoms with Crippen molar-refractivity contribution in [2.24, 2.45) is 11.8 Å². The van der Waals surface area contributed by atoms with E-state index in [-0.39, 0.29) is 23.8 Å². The topological polar surface area (TPSA) is 87.3 Å². The summed E-state index contributed by atoms with van der Waals surface area (Å²) in [5.41, 5.74) is 0. The maximum atomic E-state index is 12.6. The first-order valence-corrected chi connectivity index (χ1v) is 9.48. The molecule has 0 aliphatic heterocycles. The van der Waals surface area contributed by atoms with Gasteiger partial charge < -0.3 is 20.7 Å². The monoisotopic (exact) mass is 355 g/mol. The molecule has 3 atom stereocenters. The Morgan fingerprint density at radius 3 is 1.88 bits per heavy atom. The molecule has 0 rings (SSSR count). The fraction of sp³-hybridized carbons (Fsp3) is 0.842. The lowest BCUT2D eigenvalue weighted by molar-refractivity contribution is -0.131. The Balaban J connectivity index is 4.94. The second-order valence-electron chi connectivity index (χ2n) is 7.55. The Morgan fingerprint density at radius 2 is 1.44 bits per heavy atom. The molecular formula is C19H37N3O3. The molecule has 0 saturated carbocycles. The summed E-state index contributed by atoms with van der Waals surface area (Å²) in [4.78, 5) is 36.3. The summed E-state index contributed by atoms with van der Waals surface area (Å²) in [6.07, 6.45) is 4.48. The van der Waals surface area contributed by atoms with Crippen molar-refractivity contribution in [3.8, 4) is 0 Å². The number of carbonyl (C=O) groups is 3. The van der Waals surface area contributed by atoms with Gasteiger partial charge in [0.2, 0.25) is 11.8 Å². The minimum Gasteiger partial charge on any atom is -0.345 e. The molecule has 0 saturated heterocycles. The summed E-state index contributed by atoms with van der Waals surface area (Å²) in [5.74, 6) is 0.163. The first-order chi connectivity index (χ1) is 11.7. The quantitative estimate of drug-likeness (QED) is 0.441. The van der Waals surface area contributed by atoms with Crippen LogP contribution in [-0.4, -0.2) is 43.3 Å². The van der Waals surface area contributed by atoms with Crippen molar-refractivity contribution < 1.29 is 14.4 Å². The third kappa shape index (κ3) is 10.2. The molecule has 0 aliphatic carbocycles. The highest BCUT2D eigenvalue weighted by Gasteiger charge is 2.27. The second-order valence-corrected chi connectivity index (χ2v) is 7.55. The average Bonchev–Trinajstić information content (AvgIpc) is 2.54. The minimum atomic E-state index is -0.625. The number of hydrogen-bond donors (Lipinski definition) is 3. The smallest absolute Gasteiger partial charge is 0.243 e. The van der Waals surface area contributed by atoms with Gasteiger partial charge in [-0.3, -0.25) is 9.59 Å². The summed E-state index contributed by atoms with van der Waals surface area (Å²) in [7, 11) is 1.75. The third-order valence-corrected chi connectivity index (χ3v) is 4.07. The number of likely N-dealkylation sites (N-methyl/N-ethyl adjacent to an activating group) is 1. The van der Waals surface area contributed by atoms with Gasteiger partial charge in [0.05, 0.1) is 12.1 Å². The largest absolute Gasteiger partial charge is 0.345 e. The first-order valence-electron chi connectivity index (χ1n) is 9.48. The predicted octanol–water partition coefficient (Wildman–Crippen LogP) is 2.03. The second kappa shape index (κ2) is 12.9. The van der Waals surface area contributed by atoms with Gasteiger partial charge in [-0.25, -0.2) is 0 Å². The fourth-order valence-electron chi connectivity index (χ4n) is 2.68. The van der Waals surface area contributed by atoms with E-state index in [1.54, 1.807) is 7.05 Å². The molecule has 6 nitrogen and oxygen atoms in total. The van der Waals surface area contributed by atoms with Gasteiger partial charge >= 0.3 is 0 Å². The van der Waals surface area contributed by atoms with Gasteiger partial charge in [-0.2, -0.15) is 0 Å². The molecular weight excluding hydrogens is 318 g/mol. The number of rotatable bonds is 13. The molecule has 0 spiro atoms. The van der Waals surface area contributed by atoms with Gasteiger partial charge in [-0.15, -0.1) is 0 Å². The summed E-state index contributed by atoms with van der Waals surface area (Å²) in [6, 6.07) is -1.45. The third-order valence-electron chi connectivity index (χ3n) is 4.07. The molecule has 6 heteroatoms. The summed E-state index contributed by atoms with van der Waals surface area (Å²) in [6.45, 7) is 10.2. The van der Waals surface area contributed by atoms with E-state index in [1.807, 2.05) is 20.8 Å². The zero-order valence-corrected chi connectivity index (χ0v) is 16.7. The molecule has 0 bridgehead atoms.